The van der Waals surface area contributed by atoms with E-state index in [9.17, 15) is 13.2 Å². The van der Waals surface area contributed by atoms with Crippen molar-refractivity contribution in [1.82, 2.24) is 16.0 Å². The molecule has 0 bridgehead atoms. The first-order valence-electron chi connectivity index (χ1n) is 10.3. The standard InChI is InChI=1S/C23H32N4O3S/c1-6-17(3)27-22(28)20-10-7-18(8-11-20)14-25-23(24-4)26-15-19-9-12-21(16(2)13-19)31(5,29)30/h7-13,17H,6,14-15H2,1-5H3,(H,27,28)(H2,24,25,26). The molecule has 0 aromatic heterocycles. The molecule has 1 atom stereocenters. The average molecular weight is 445 g/mol. The third-order valence-corrected chi connectivity index (χ3v) is 6.25. The average Bonchev–Trinajstić information content (AvgIpc) is 2.73. The number of guanidine groups is 1. The van der Waals surface area contributed by atoms with Gasteiger partial charge in [0.1, 0.15) is 0 Å². The molecule has 7 nitrogen and oxygen atoms in total. The molecule has 1 amide bonds. The van der Waals surface area contributed by atoms with Crippen LogP contribution in [0, 0.1) is 6.92 Å². The fourth-order valence-electron chi connectivity index (χ4n) is 3.01. The molecule has 2 aromatic carbocycles. The molecule has 0 saturated heterocycles. The Labute approximate surface area is 185 Å². The summed E-state index contributed by atoms with van der Waals surface area (Å²) < 4.78 is 23.5. The number of carbonyl (C=O) groups excluding carboxylic acids is 1. The third kappa shape index (κ3) is 7.40. The van der Waals surface area contributed by atoms with Crippen molar-refractivity contribution in [2.45, 2.75) is 51.2 Å². The van der Waals surface area contributed by atoms with Gasteiger partial charge in [0.2, 0.25) is 0 Å². The van der Waals surface area contributed by atoms with E-state index < -0.39 is 9.84 Å². The molecule has 0 aliphatic carbocycles. The van der Waals surface area contributed by atoms with E-state index in [0.717, 1.165) is 23.1 Å². The van der Waals surface area contributed by atoms with Crippen LogP contribution in [0.1, 0.15) is 47.3 Å². The predicted octanol–water partition coefficient (Wildman–Crippen LogP) is 2.79. The van der Waals surface area contributed by atoms with E-state index in [4.69, 9.17) is 0 Å². The summed E-state index contributed by atoms with van der Waals surface area (Å²) in [4.78, 5) is 16.7. The first kappa shape index (κ1) is 24.4. The maximum absolute atomic E-state index is 12.2. The minimum atomic E-state index is -3.22. The molecule has 8 heteroatoms. The molecule has 3 N–H and O–H groups in total. The Morgan fingerprint density at radius 2 is 1.61 bits per heavy atom. The van der Waals surface area contributed by atoms with Gasteiger partial charge in [-0.2, -0.15) is 0 Å². The van der Waals surface area contributed by atoms with Crippen LogP contribution in [-0.2, 0) is 22.9 Å². The molecule has 0 heterocycles. The van der Waals surface area contributed by atoms with E-state index >= 15 is 0 Å². The Kier molecular flexibility index (Phi) is 8.62. The number of nitrogens with zero attached hydrogens (tertiary/aromatic N) is 1. The Morgan fingerprint density at radius 3 is 2.13 bits per heavy atom. The maximum atomic E-state index is 12.2. The Morgan fingerprint density at radius 1 is 1.03 bits per heavy atom. The highest BCUT2D eigenvalue weighted by atomic mass is 32.2. The zero-order valence-electron chi connectivity index (χ0n) is 18.8. The summed E-state index contributed by atoms with van der Waals surface area (Å²) in [6, 6.07) is 12.9. The smallest absolute Gasteiger partial charge is 0.251 e. The van der Waals surface area contributed by atoms with Crippen LogP contribution in [0.4, 0.5) is 0 Å². The lowest BCUT2D eigenvalue weighted by molar-refractivity contribution is 0.0939. The number of aryl methyl sites for hydroxylation is 1. The van der Waals surface area contributed by atoms with Gasteiger partial charge in [0.05, 0.1) is 4.90 Å². The van der Waals surface area contributed by atoms with Crippen molar-refractivity contribution >= 4 is 21.7 Å². The van der Waals surface area contributed by atoms with Crippen LogP contribution in [0.15, 0.2) is 52.4 Å². The normalized spacial score (nSPS) is 12.9. The molecular weight excluding hydrogens is 412 g/mol. The van der Waals surface area contributed by atoms with E-state index in [0.29, 0.717) is 29.5 Å². The van der Waals surface area contributed by atoms with Crippen molar-refractivity contribution in [3.63, 3.8) is 0 Å². The predicted molar refractivity (Wildman–Crippen MR) is 125 cm³/mol. The van der Waals surface area contributed by atoms with E-state index in [-0.39, 0.29) is 11.9 Å². The van der Waals surface area contributed by atoms with Crippen molar-refractivity contribution in [2.75, 3.05) is 13.3 Å². The van der Waals surface area contributed by atoms with Crippen molar-refractivity contribution in [2.24, 2.45) is 4.99 Å². The second kappa shape index (κ2) is 10.9. The van der Waals surface area contributed by atoms with Crippen LogP contribution >= 0.6 is 0 Å². The molecule has 2 rings (SSSR count). The number of benzene rings is 2. The van der Waals surface area contributed by atoms with Gasteiger partial charge < -0.3 is 16.0 Å². The van der Waals surface area contributed by atoms with Gasteiger partial charge in [-0.1, -0.05) is 31.2 Å². The summed E-state index contributed by atoms with van der Waals surface area (Å²) in [5, 5.41) is 9.42. The number of sulfone groups is 1. The lowest BCUT2D eigenvalue weighted by Crippen LogP contribution is -2.36. The molecule has 0 radical (unpaired) electrons. The van der Waals surface area contributed by atoms with Gasteiger partial charge in [-0.3, -0.25) is 9.79 Å². The van der Waals surface area contributed by atoms with Crippen LogP contribution in [0.2, 0.25) is 0 Å². The number of carbonyl (C=O) groups is 1. The number of nitrogens with one attached hydrogen (secondary N) is 3. The fraction of sp³-hybridized carbons (Fsp3) is 0.391. The van der Waals surface area contributed by atoms with E-state index in [1.165, 1.54) is 6.26 Å². The largest absolute Gasteiger partial charge is 0.352 e. The summed E-state index contributed by atoms with van der Waals surface area (Å²) >= 11 is 0. The van der Waals surface area contributed by atoms with Gasteiger partial charge in [0, 0.05) is 38.0 Å². The Hall–Kier alpha value is -2.87. The number of hydrogen-bond donors (Lipinski definition) is 3. The maximum Gasteiger partial charge on any atom is 0.251 e. The molecule has 2 aromatic rings. The van der Waals surface area contributed by atoms with Crippen molar-refractivity contribution in [1.29, 1.82) is 0 Å². The number of aliphatic imine (C=N–C) groups is 1. The van der Waals surface area contributed by atoms with Crippen molar-refractivity contribution in [3.05, 3.63) is 64.7 Å². The lowest BCUT2D eigenvalue weighted by atomic mass is 10.1. The zero-order chi connectivity index (χ0) is 23.0. The number of hydrogen-bond acceptors (Lipinski definition) is 4. The highest BCUT2D eigenvalue weighted by Gasteiger charge is 2.11. The van der Waals surface area contributed by atoms with Crippen LogP contribution in [0.5, 0.6) is 0 Å². The summed E-state index contributed by atoms with van der Waals surface area (Å²) in [5.41, 5.74) is 3.35. The van der Waals surface area contributed by atoms with Crippen molar-refractivity contribution < 1.29 is 13.2 Å². The molecule has 1 unspecified atom stereocenters. The number of rotatable bonds is 8. The molecular formula is C23H32N4O3S. The van der Waals surface area contributed by atoms with Gasteiger partial charge in [-0.05, 0) is 55.2 Å². The van der Waals surface area contributed by atoms with Gasteiger partial charge in [-0.15, -0.1) is 0 Å². The Balaban J connectivity index is 1.90. The molecule has 0 spiro atoms. The van der Waals surface area contributed by atoms with E-state index in [1.807, 2.05) is 44.2 Å². The third-order valence-electron chi connectivity index (χ3n) is 4.99. The number of amides is 1. The quantitative estimate of drug-likeness (QED) is 0.429. The van der Waals surface area contributed by atoms with E-state index in [1.54, 1.807) is 26.1 Å². The fourth-order valence-corrected chi connectivity index (χ4v) is 3.97. The monoisotopic (exact) mass is 444 g/mol. The van der Waals surface area contributed by atoms with Crippen molar-refractivity contribution in [3.8, 4) is 0 Å². The van der Waals surface area contributed by atoms with Gasteiger partial charge in [-0.25, -0.2) is 8.42 Å². The summed E-state index contributed by atoms with van der Waals surface area (Å²) in [6.45, 7) is 6.88. The second-order valence-corrected chi connectivity index (χ2v) is 9.62. The van der Waals surface area contributed by atoms with E-state index in [2.05, 4.69) is 20.9 Å². The lowest BCUT2D eigenvalue weighted by Gasteiger charge is -2.14. The topological polar surface area (TPSA) is 99.7 Å². The highest BCUT2D eigenvalue weighted by molar-refractivity contribution is 7.90. The molecule has 0 aliphatic heterocycles. The molecule has 31 heavy (non-hydrogen) atoms. The van der Waals surface area contributed by atoms with Gasteiger partial charge in [0.25, 0.3) is 5.91 Å². The summed E-state index contributed by atoms with van der Waals surface area (Å²) in [5.74, 6) is 0.562. The minimum Gasteiger partial charge on any atom is -0.352 e. The zero-order valence-corrected chi connectivity index (χ0v) is 19.6. The SMILES string of the molecule is CCC(C)NC(=O)c1ccc(CNC(=NC)NCc2ccc(S(C)(=O)=O)c(C)c2)cc1. The Bertz CT molecular complexity index is 1030. The first-order valence-corrected chi connectivity index (χ1v) is 12.2. The highest BCUT2D eigenvalue weighted by Crippen LogP contribution is 2.16. The second-order valence-electron chi connectivity index (χ2n) is 7.63. The summed E-state index contributed by atoms with van der Waals surface area (Å²) in [6.07, 6.45) is 2.10. The van der Waals surface area contributed by atoms with Crippen LogP contribution in [0.25, 0.3) is 0 Å². The van der Waals surface area contributed by atoms with Crippen LogP contribution < -0.4 is 16.0 Å². The minimum absolute atomic E-state index is 0.0662. The molecule has 0 aliphatic rings. The van der Waals surface area contributed by atoms with Gasteiger partial charge >= 0.3 is 0 Å². The van der Waals surface area contributed by atoms with Gasteiger partial charge in [0.15, 0.2) is 15.8 Å². The van der Waals surface area contributed by atoms with Crippen LogP contribution in [-0.4, -0.2) is 39.6 Å². The molecule has 168 valence electrons. The molecule has 0 saturated carbocycles. The molecule has 0 fully saturated rings. The summed E-state index contributed by atoms with van der Waals surface area (Å²) in [7, 11) is -1.53. The first-order chi connectivity index (χ1) is 14.6. The van der Waals surface area contributed by atoms with Crippen LogP contribution in [0.3, 0.4) is 0 Å².